The van der Waals surface area contributed by atoms with E-state index in [-0.39, 0.29) is 11.5 Å². The summed E-state index contributed by atoms with van der Waals surface area (Å²) in [6.07, 6.45) is 2.93. The van der Waals surface area contributed by atoms with Crippen molar-refractivity contribution in [2.75, 3.05) is 4.90 Å². The fraction of sp³-hybridized carbons (Fsp3) is 0.182. The Bertz CT molecular complexity index is 1040. The van der Waals surface area contributed by atoms with Gasteiger partial charge in [-0.15, -0.1) is 0 Å². The molecule has 1 aliphatic heterocycles. The second-order valence-electron chi connectivity index (χ2n) is 6.92. The summed E-state index contributed by atoms with van der Waals surface area (Å²) >= 11 is 0. The Hall–Kier alpha value is -3.74. The molecule has 7 heteroatoms. The van der Waals surface area contributed by atoms with Gasteiger partial charge >= 0.3 is 0 Å². The van der Waals surface area contributed by atoms with E-state index in [0.717, 1.165) is 23.2 Å². The Labute approximate surface area is 168 Å². The van der Waals surface area contributed by atoms with Crippen molar-refractivity contribution in [3.63, 3.8) is 0 Å². The molecule has 0 radical (unpaired) electrons. The van der Waals surface area contributed by atoms with Crippen molar-refractivity contribution < 1.29 is 9.32 Å². The lowest BCUT2D eigenvalue weighted by Crippen LogP contribution is -2.47. The molecule has 29 heavy (non-hydrogen) atoms. The fourth-order valence-corrected chi connectivity index (χ4v) is 3.50. The minimum absolute atomic E-state index is 0.159. The van der Waals surface area contributed by atoms with Gasteiger partial charge in [0.2, 0.25) is 0 Å². The largest absolute Gasteiger partial charge is 0.360 e. The maximum absolute atomic E-state index is 12.7. The summed E-state index contributed by atoms with van der Waals surface area (Å²) < 4.78 is 5.31. The van der Waals surface area contributed by atoms with E-state index in [0.29, 0.717) is 25.0 Å². The monoisotopic (exact) mass is 387 g/mol. The molecule has 0 bridgehead atoms. The Balaban J connectivity index is 1.47. The number of nitrogens with one attached hydrogen (secondary N) is 3. The molecule has 2 heterocycles. The van der Waals surface area contributed by atoms with Gasteiger partial charge < -0.3 is 9.84 Å². The van der Waals surface area contributed by atoms with Gasteiger partial charge in [0.1, 0.15) is 11.6 Å². The van der Waals surface area contributed by atoms with Crippen molar-refractivity contribution >= 4 is 23.8 Å². The van der Waals surface area contributed by atoms with Crippen LogP contribution in [0.3, 0.4) is 0 Å². The lowest BCUT2D eigenvalue weighted by atomic mass is 10.1. The van der Waals surface area contributed by atoms with Gasteiger partial charge in [-0.05, 0) is 30.0 Å². The molecule has 1 amide bonds. The molecule has 4 rings (SSSR count). The van der Waals surface area contributed by atoms with Gasteiger partial charge in [0.15, 0.2) is 5.69 Å². The number of fused-ring (bicyclic) bond motifs is 1. The highest BCUT2D eigenvalue weighted by Crippen LogP contribution is 2.26. The molecule has 0 aliphatic carbocycles. The van der Waals surface area contributed by atoms with Crippen molar-refractivity contribution in [1.82, 2.24) is 10.5 Å². The van der Waals surface area contributed by atoms with Crippen molar-refractivity contribution in [3.05, 3.63) is 83.2 Å². The van der Waals surface area contributed by atoms with E-state index in [1.54, 1.807) is 6.07 Å². The number of para-hydroxylation sites is 1. The summed E-state index contributed by atoms with van der Waals surface area (Å²) in [5.74, 6) is 0.371. The van der Waals surface area contributed by atoms with Gasteiger partial charge in [-0.2, -0.15) is 0 Å². The number of amides is 1. The van der Waals surface area contributed by atoms with E-state index >= 15 is 0 Å². The first-order chi connectivity index (χ1) is 14.2. The molecule has 1 aromatic heterocycles. The second-order valence-corrected chi connectivity index (χ2v) is 6.92. The minimum atomic E-state index is -0.522. The summed E-state index contributed by atoms with van der Waals surface area (Å²) in [4.78, 5) is 14.2. The predicted octanol–water partition coefficient (Wildman–Crippen LogP) is 3.40. The SMILES string of the molecule is N=CN1C(=N)[C@@H](NC(=O)c2cc(Cc3ccccc3)on2)CCc2ccccc21. The molecule has 0 spiro atoms. The van der Waals surface area contributed by atoms with Crippen LogP contribution in [-0.2, 0) is 12.8 Å². The Morgan fingerprint density at radius 2 is 1.97 bits per heavy atom. The van der Waals surface area contributed by atoms with Crippen molar-refractivity contribution in [3.8, 4) is 0 Å². The summed E-state index contributed by atoms with van der Waals surface area (Å²) in [5, 5.41) is 23.0. The molecule has 146 valence electrons. The zero-order valence-corrected chi connectivity index (χ0v) is 15.8. The van der Waals surface area contributed by atoms with E-state index in [2.05, 4.69) is 10.5 Å². The minimum Gasteiger partial charge on any atom is -0.360 e. The Morgan fingerprint density at radius 1 is 1.21 bits per heavy atom. The lowest BCUT2D eigenvalue weighted by Gasteiger charge is -2.24. The first-order valence-electron chi connectivity index (χ1n) is 9.42. The van der Waals surface area contributed by atoms with Crippen molar-refractivity contribution in [2.24, 2.45) is 0 Å². The van der Waals surface area contributed by atoms with Gasteiger partial charge in [-0.1, -0.05) is 53.7 Å². The number of amidine groups is 1. The van der Waals surface area contributed by atoms with Gasteiger partial charge in [0.05, 0.1) is 18.1 Å². The molecule has 1 aliphatic rings. The molecule has 3 N–H and O–H groups in total. The summed E-state index contributed by atoms with van der Waals surface area (Å²) in [7, 11) is 0. The van der Waals surface area contributed by atoms with Crippen LogP contribution in [0.2, 0.25) is 0 Å². The van der Waals surface area contributed by atoms with Crippen LogP contribution >= 0.6 is 0 Å². The van der Waals surface area contributed by atoms with Gasteiger partial charge in [0, 0.05) is 12.5 Å². The maximum atomic E-state index is 12.7. The second kappa shape index (κ2) is 8.10. The zero-order valence-electron chi connectivity index (χ0n) is 15.8. The molecule has 0 saturated carbocycles. The zero-order chi connectivity index (χ0) is 20.2. The summed E-state index contributed by atoms with van der Waals surface area (Å²) in [6.45, 7) is 0. The quantitative estimate of drug-likeness (QED) is 0.461. The normalized spacial score (nSPS) is 16.1. The van der Waals surface area contributed by atoms with Crippen LogP contribution in [0, 0.1) is 10.8 Å². The molecular formula is C22H21N5O2. The lowest BCUT2D eigenvalue weighted by molar-refractivity contribution is 0.0936. The number of hydrogen-bond acceptors (Lipinski definition) is 5. The molecule has 0 saturated heterocycles. The number of rotatable bonds is 5. The third-order valence-corrected chi connectivity index (χ3v) is 4.99. The number of anilines is 1. The van der Waals surface area contributed by atoms with Crippen LogP contribution in [0.4, 0.5) is 5.69 Å². The number of benzene rings is 2. The predicted molar refractivity (Wildman–Crippen MR) is 111 cm³/mol. The van der Waals surface area contributed by atoms with Gasteiger partial charge in [-0.3, -0.25) is 20.5 Å². The average molecular weight is 387 g/mol. The average Bonchev–Trinajstić information content (AvgIpc) is 3.16. The molecule has 7 nitrogen and oxygen atoms in total. The molecule has 2 aromatic carbocycles. The van der Waals surface area contributed by atoms with Crippen LogP contribution in [0.15, 0.2) is 65.2 Å². The molecular weight excluding hydrogens is 366 g/mol. The molecule has 3 aromatic rings. The Morgan fingerprint density at radius 3 is 2.76 bits per heavy atom. The highest BCUT2D eigenvalue weighted by atomic mass is 16.5. The third-order valence-electron chi connectivity index (χ3n) is 4.99. The van der Waals surface area contributed by atoms with E-state index in [1.807, 2.05) is 54.6 Å². The highest BCUT2D eigenvalue weighted by Gasteiger charge is 2.28. The van der Waals surface area contributed by atoms with E-state index < -0.39 is 11.9 Å². The Kier molecular flexibility index (Phi) is 5.20. The molecule has 0 fully saturated rings. The van der Waals surface area contributed by atoms with Gasteiger partial charge in [-0.25, -0.2) is 0 Å². The number of aryl methyl sites for hydroxylation is 1. The number of nitrogens with zero attached hydrogens (tertiary/aromatic N) is 2. The third kappa shape index (κ3) is 3.94. The smallest absolute Gasteiger partial charge is 0.274 e. The first-order valence-corrected chi connectivity index (χ1v) is 9.42. The van der Waals surface area contributed by atoms with Crippen molar-refractivity contribution in [2.45, 2.75) is 25.3 Å². The highest BCUT2D eigenvalue weighted by molar-refractivity contribution is 6.13. The number of carbonyl (C=O) groups is 1. The fourth-order valence-electron chi connectivity index (χ4n) is 3.50. The first kappa shape index (κ1) is 18.6. The standard InChI is InChI=1S/C22H21N5O2/c23-14-27-20-9-5-4-8-16(20)10-11-18(21(27)24)25-22(28)19-13-17(29-26-19)12-15-6-2-1-3-7-15/h1-9,13-14,18,23-24H,10-12H2,(H,25,28)/t18-/m0/s1. The van der Waals surface area contributed by atoms with E-state index in [1.165, 1.54) is 4.90 Å². The van der Waals surface area contributed by atoms with Crippen LogP contribution in [0.25, 0.3) is 0 Å². The molecule has 1 atom stereocenters. The number of hydrogen-bond donors (Lipinski definition) is 3. The maximum Gasteiger partial charge on any atom is 0.274 e. The number of carbonyl (C=O) groups excluding carboxylic acids is 1. The summed E-state index contributed by atoms with van der Waals surface area (Å²) in [5.41, 5.74) is 3.10. The topological polar surface area (TPSA) is 106 Å². The van der Waals surface area contributed by atoms with Crippen LogP contribution in [0.1, 0.15) is 33.8 Å². The van der Waals surface area contributed by atoms with E-state index in [4.69, 9.17) is 15.3 Å². The van der Waals surface area contributed by atoms with Gasteiger partial charge in [0.25, 0.3) is 5.91 Å². The summed E-state index contributed by atoms with van der Waals surface area (Å²) in [6, 6.07) is 18.6. The number of aromatic nitrogens is 1. The van der Waals surface area contributed by atoms with Crippen LogP contribution < -0.4 is 10.2 Å². The molecule has 0 unspecified atom stereocenters. The van der Waals surface area contributed by atoms with Crippen molar-refractivity contribution in [1.29, 1.82) is 10.8 Å². The van der Waals surface area contributed by atoms with E-state index in [9.17, 15) is 4.79 Å². The van der Waals surface area contributed by atoms with Crippen LogP contribution in [0.5, 0.6) is 0 Å². The van der Waals surface area contributed by atoms with Crippen LogP contribution in [-0.4, -0.2) is 29.3 Å².